The fraction of sp³-hybridized carbons (Fsp3) is 0.250. The van der Waals surface area contributed by atoms with Gasteiger partial charge >= 0.3 is 0 Å². The second-order valence-corrected chi connectivity index (χ2v) is 8.04. The van der Waals surface area contributed by atoms with Crippen LogP contribution in [0.4, 0.5) is 0 Å². The van der Waals surface area contributed by atoms with E-state index in [2.05, 4.69) is 70.0 Å². The molecule has 0 aliphatic heterocycles. The predicted molar refractivity (Wildman–Crippen MR) is 127 cm³/mol. The molecule has 0 radical (unpaired) electrons. The van der Waals surface area contributed by atoms with Crippen molar-refractivity contribution in [2.24, 2.45) is 5.10 Å². The maximum absolute atomic E-state index is 12.5. The molecule has 31 heavy (non-hydrogen) atoms. The maximum atomic E-state index is 12.5. The van der Waals surface area contributed by atoms with Gasteiger partial charge < -0.3 is 14.0 Å². The highest BCUT2D eigenvalue weighted by molar-refractivity contribution is 9.10. The lowest BCUT2D eigenvalue weighted by molar-refractivity contribution is 0.0954. The van der Waals surface area contributed by atoms with Crippen molar-refractivity contribution in [1.82, 2.24) is 9.99 Å². The molecule has 0 aliphatic rings. The van der Waals surface area contributed by atoms with Crippen LogP contribution in [0.15, 0.2) is 46.0 Å². The number of benzene rings is 2. The number of hydrogen-bond donors (Lipinski definition) is 1. The van der Waals surface area contributed by atoms with Gasteiger partial charge in [0.05, 0.1) is 26.1 Å². The molecule has 0 bridgehead atoms. The number of aryl methyl sites for hydroxylation is 2. The number of nitrogens with zero attached hydrogens (tertiary/aromatic N) is 2. The minimum absolute atomic E-state index is 0.336. The number of para-hydroxylation sites is 1. The van der Waals surface area contributed by atoms with Crippen LogP contribution in [0.2, 0.25) is 0 Å². The minimum Gasteiger partial charge on any atom is -0.493 e. The van der Waals surface area contributed by atoms with E-state index in [1.54, 1.807) is 31.5 Å². The van der Waals surface area contributed by atoms with Crippen molar-refractivity contribution in [2.75, 3.05) is 14.2 Å². The lowest BCUT2D eigenvalue weighted by Gasteiger charge is -2.15. The molecular formula is C24H26BrN3O3. The molecule has 1 N–H and O–H groups in total. The smallest absolute Gasteiger partial charge is 0.271 e. The van der Waals surface area contributed by atoms with Crippen molar-refractivity contribution in [3.63, 3.8) is 0 Å². The third kappa shape index (κ3) is 4.37. The highest BCUT2D eigenvalue weighted by Gasteiger charge is 2.18. The van der Waals surface area contributed by atoms with Gasteiger partial charge in [-0.1, -0.05) is 18.2 Å². The molecule has 0 saturated carbocycles. The van der Waals surface area contributed by atoms with Crippen LogP contribution in [0.5, 0.6) is 11.5 Å². The Morgan fingerprint density at radius 2 is 1.65 bits per heavy atom. The molecule has 0 aliphatic carbocycles. The second kappa shape index (κ2) is 9.39. The van der Waals surface area contributed by atoms with Crippen molar-refractivity contribution >= 4 is 28.1 Å². The van der Waals surface area contributed by atoms with E-state index in [9.17, 15) is 4.79 Å². The lowest BCUT2D eigenvalue weighted by Crippen LogP contribution is -2.17. The maximum Gasteiger partial charge on any atom is 0.271 e. The number of halogens is 1. The normalized spacial score (nSPS) is 11.1. The Morgan fingerprint density at radius 3 is 2.26 bits per heavy atom. The number of ether oxygens (including phenoxy) is 2. The Bertz CT molecular complexity index is 1150. The number of carbonyl (C=O) groups excluding carboxylic acids is 1. The summed E-state index contributed by atoms with van der Waals surface area (Å²) in [6, 6.07) is 11.2. The zero-order valence-corrected chi connectivity index (χ0v) is 20.1. The number of amides is 1. The number of aromatic nitrogens is 1. The van der Waals surface area contributed by atoms with Gasteiger partial charge in [0.25, 0.3) is 5.91 Å². The first kappa shape index (κ1) is 22.6. The van der Waals surface area contributed by atoms with E-state index in [-0.39, 0.29) is 5.91 Å². The van der Waals surface area contributed by atoms with Crippen LogP contribution in [-0.4, -0.2) is 30.9 Å². The number of nitrogens with one attached hydrogen (secondary N) is 1. The van der Waals surface area contributed by atoms with E-state index >= 15 is 0 Å². The SMILES string of the molecule is COc1ccc(C(=O)N/N=C\c2c(Br)c(C)n(-c3c(C)cccc3C)c2C)cc1OC. The molecule has 0 fully saturated rings. The highest BCUT2D eigenvalue weighted by Crippen LogP contribution is 2.32. The first-order chi connectivity index (χ1) is 14.8. The second-order valence-electron chi connectivity index (χ2n) is 7.24. The number of methoxy groups -OCH3 is 2. The van der Waals surface area contributed by atoms with Crippen LogP contribution < -0.4 is 14.9 Å². The van der Waals surface area contributed by atoms with Crippen LogP contribution in [0.3, 0.4) is 0 Å². The highest BCUT2D eigenvalue weighted by atomic mass is 79.9. The van der Waals surface area contributed by atoms with Crippen LogP contribution in [-0.2, 0) is 0 Å². The number of hydrazone groups is 1. The van der Waals surface area contributed by atoms with Gasteiger partial charge in [0, 0.05) is 27.0 Å². The van der Waals surface area contributed by atoms with E-state index in [0.717, 1.165) is 27.1 Å². The fourth-order valence-corrected chi connectivity index (χ4v) is 4.23. The van der Waals surface area contributed by atoms with E-state index in [4.69, 9.17) is 9.47 Å². The standard InChI is InChI=1S/C24H26BrN3O3/c1-14-8-7-9-15(2)23(14)28-16(3)19(22(25)17(28)4)13-26-27-24(29)18-10-11-20(30-5)21(12-18)31-6/h7-13H,1-6H3,(H,27,29)/b26-13-. The topological polar surface area (TPSA) is 64.8 Å². The summed E-state index contributed by atoms with van der Waals surface area (Å²) in [5.41, 5.74) is 9.57. The molecule has 3 rings (SSSR count). The average Bonchev–Trinajstić information content (AvgIpc) is 2.96. The zero-order valence-electron chi connectivity index (χ0n) is 18.5. The van der Waals surface area contributed by atoms with Gasteiger partial charge in [-0.2, -0.15) is 5.10 Å². The number of carbonyl (C=O) groups is 1. The van der Waals surface area contributed by atoms with Gasteiger partial charge in [0.1, 0.15) is 0 Å². The summed E-state index contributed by atoms with van der Waals surface area (Å²) in [7, 11) is 3.08. The largest absolute Gasteiger partial charge is 0.493 e. The first-order valence-electron chi connectivity index (χ1n) is 9.79. The van der Waals surface area contributed by atoms with Crippen molar-refractivity contribution in [3.05, 3.63) is 74.5 Å². The van der Waals surface area contributed by atoms with Gasteiger partial charge in [-0.15, -0.1) is 0 Å². The van der Waals surface area contributed by atoms with Crippen molar-refractivity contribution < 1.29 is 14.3 Å². The van der Waals surface area contributed by atoms with Crippen LogP contribution in [0.25, 0.3) is 5.69 Å². The van der Waals surface area contributed by atoms with Crippen molar-refractivity contribution in [1.29, 1.82) is 0 Å². The van der Waals surface area contributed by atoms with Crippen molar-refractivity contribution in [2.45, 2.75) is 27.7 Å². The Labute approximate surface area is 191 Å². The van der Waals surface area contributed by atoms with Gasteiger partial charge in [0.15, 0.2) is 11.5 Å². The molecule has 1 aromatic heterocycles. The molecule has 7 heteroatoms. The zero-order chi connectivity index (χ0) is 22.7. The Morgan fingerprint density at radius 1 is 1.00 bits per heavy atom. The van der Waals surface area contributed by atoms with Crippen LogP contribution in [0, 0.1) is 27.7 Å². The fourth-order valence-electron chi connectivity index (χ4n) is 3.67. The Balaban J connectivity index is 1.88. The summed E-state index contributed by atoms with van der Waals surface area (Å²) in [5.74, 6) is 0.710. The Hall–Kier alpha value is -3.06. The Kier molecular flexibility index (Phi) is 6.85. The molecule has 1 amide bonds. The molecule has 0 saturated heterocycles. The molecule has 0 atom stereocenters. The minimum atomic E-state index is -0.336. The van der Waals surface area contributed by atoms with Gasteiger partial charge in [-0.25, -0.2) is 5.43 Å². The van der Waals surface area contributed by atoms with E-state index in [1.165, 1.54) is 18.2 Å². The molecular weight excluding hydrogens is 458 g/mol. The predicted octanol–water partition coefficient (Wildman–Crippen LogP) is 5.25. The summed E-state index contributed by atoms with van der Waals surface area (Å²) in [6.07, 6.45) is 1.66. The summed E-state index contributed by atoms with van der Waals surface area (Å²) < 4.78 is 13.6. The van der Waals surface area contributed by atoms with Crippen LogP contribution in [0.1, 0.15) is 38.4 Å². The summed E-state index contributed by atoms with van der Waals surface area (Å²) >= 11 is 3.69. The van der Waals surface area contributed by atoms with E-state index < -0.39 is 0 Å². The quantitative estimate of drug-likeness (QED) is 0.384. The number of hydrogen-bond acceptors (Lipinski definition) is 4. The van der Waals surface area contributed by atoms with Gasteiger partial charge in [-0.3, -0.25) is 4.79 Å². The molecule has 162 valence electrons. The van der Waals surface area contributed by atoms with E-state index in [0.29, 0.717) is 17.1 Å². The summed E-state index contributed by atoms with van der Waals surface area (Å²) in [5, 5.41) is 4.19. The molecule has 6 nitrogen and oxygen atoms in total. The lowest BCUT2D eigenvalue weighted by atomic mass is 10.1. The van der Waals surface area contributed by atoms with E-state index in [1.807, 2.05) is 6.92 Å². The monoisotopic (exact) mass is 483 g/mol. The summed E-state index contributed by atoms with van der Waals surface area (Å²) in [6.45, 7) is 8.31. The first-order valence-corrected chi connectivity index (χ1v) is 10.6. The van der Waals surface area contributed by atoms with Crippen LogP contribution >= 0.6 is 15.9 Å². The van der Waals surface area contributed by atoms with Gasteiger partial charge in [-0.05, 0) is 73.0 Å². The molecule has 1 heterocycles. The molecule has 0 unspecified atom stereocenters. The summed E-state index contributed by atoms with van der Waals surface area (Å²) in [4.78, 5) is 12.5. The molecule has 3 aromatic rings. The molecule has 0 spiro atoms. The third-order valence-electron chi connectivity index (χ3n) is 5.28. The third-order valence-corrected chi connectivity index (χ3v) is 6.28. The average molecular weight is 484 g/mol. The number of rotatable bonds is 6. The molecule has 2 aromatic carbocycles. The van der Waals surface area contributed by atoms with Crippen molar-refractivity contribution in [3.8, 4) is 17.2 Å². The van der Waals surface area contributed by atoms with Gasteiger partial charge in [0.2, 0.25) is 0 Å².